The lowest BCUT2D eigenvalue weighted by Gasteiger charge is -2.39. The largest absolute Gasteiger partial charge is 0.342 e. The molecule has 2 heterocycles. The minimum absolute atomic E-state index is 0.234. The van der Waals surface area contributed by atoms with Crippen LogP contribution in [0.15, 0.2) is 47.5 Å². The molecule has 1 aromatic carbocycles. The summed E-state index contributed by atoms with van der Waals surface area (Å²) in [6.45, 7) is 8.36. The van der Waals surface area contributed by atoms with Gasteiger partial charge in [-0.3, -0.25) is 14.7 Å². The van der Waals surface area contributed by atoms with Crippen LogP contribution in [0.2, 0.25) is 0 Å². The van der Waals surface area contributed by atoms with Gasteiger partial charge in [0.05, 0.1) is 10.6 Å². The Morgan fingerprint density at radius 1 is 1.10 bits per heavy atom. The maximum absolute atomic E-state index is 12.5. The SMILES string of the molecule is CN(Cc1ccc(-c2ccc(S(C)(=O)=O)cc2)nc1)C1CCN(C(=O)C(C)(C)C)CC1. The predicted molar refractivity (Wildman–Crippen MR) is 123 cm³/mol. The van der Waals surface area contributed by atoms with E-state index in [1.807, 2.05) is 37.9 Å². The fourth-order valence-corrected chi connectivity index (χ4v) is 4.59. The van der Waals surface area contributed by atoms with E-state index >= 15 is 0 Å². The average Bonchev–Trinajstić information content (AvgIpc) is 2.72. The standard InChI is InChI=1S/C24H33N3O3S/c1-24(2,3)23(28)27-14-12-20(13-15-27)26(4)17-18-6-11-22(25-16-18)19-7-9-21(10-8-19)31(5,29)30/h6-11,16,20H,12-15,17H2,1-5H3. The number of pyridine rings is 1. The van der Waals surface area contributed by atoms with Gasteiger partial charge in [0.1, 0.15) is 0 Å². The third kappa shape index (κ3) is 5.92. The second-order valence-corrected chi connectivity index (χ2v) is 11.6. The Kier molecular flexibility index (Phi) is 6.86. The summed E-state index contributed by atoms with van der Waals surface area (Å²) in [7, 11) is -1.07. The minimum Gasteiger partial charge on any atom is -0.342 e. The lowest BCUT2D eigenvalue weighted by molar-refractivity contribution is -0.141. The van der Waals surface area contributed by atoms with Crippen molar-refractivity contribution in [2.24, 2.45) is 5.41 Å². The molecule has 0 spiro atoms. The van der Waals surface area contributed by atoms with Gasteiger partial charge in [-0.05, 0) is 43.7 Å². The predicted octanol–water partition coefficient (Wildman–Crippen LogP) is 3.62. The van der Waals surface area contributed by atoms with E-state index in [4.69, 9.17) is 0 Å². The highest BCUT2D eigenvalue weighted by Crippen LogP contribution is 2.24. The third-order valence-corrected chi connectivity index (χ3v) is 6.98. The van der Waals surface area contributed by atoms with Crippen molar-refractivity contribution in [2.75, 3.05) is 26.4 Å². The van der Waals surface area contributed by atoms with E-state index in [2.05, 4.69) is 23.0 Å². The van der Waals surface area contributed by atoms with Crippen LogP contribution in [-0.4, -0.2) is 61.5 Å². The average molecular weight is 444 g/mol. The number of hydrogen-bond acceptors (Lipinski definition) is 5. The Labute approximate surface area is 186 Å². The number of aromatic nitrogens is 1. The Morgan fingerprint density at radius 2 is 1.71 bits per heavy atom. The van der Waals surface area contributed by atoms with Crippen LogP contribution >= 0.6 is 0 Å². The van der Waals surface area contributed by atoms with Crippen LogP contribution in [0.5, 0.6) is 0 Å². The normalized spacial score (nSPS) is 16.0. The molecule has 7 heteroatoms. The van der Waals surface area contributed by atoms with Crippen molar-refractivity contribution in [1.82, 2.24) is 14.8 Å². The van der Waals surface area contributed by atoms with E-state index in [0.29, 0.717) is 10.9 Å². The van der Waals surface area contributed by atoms with Crippen LogP contribution in [0.1, 0.15) is 39.2 Å². The molecule has 1 saturated heterocycles. The lowest BCUT2D eigenvalue weighted by atomic mass is 9.92. The van der Waals surface area contributed by atoms with E-state index in [0.717, 1.165) is 49.3 Å². The summed E-state index contributed by atoms with van der Waals surface area (Å²) in [6, 6.07) is 11.3. The molecule has 0 bridgehead atoms. The topological polar surface area (TPSA) is 70.6 Å². The van der Waals surface area contributed by atoms with Crippen LogP contribution in [0, 0.1) is 5.41 Å². The molecule has 3 rings (SSSR count). The van der Waals surface area contributed by atoms with E-state index in [-0.39, 0.29) is 11.3 Å². The van der Waals surface area contributed by atoms with E-state index in [9.17, 15) is 13.2 Å². The molecular weight excluding hydrogens is 410 g/mol. The molecule has 31 heavy (non-hydrogen) atoms. The molecular formula is C24H33N3O3S. The van der Waals surface area contributed by atoms with Crippen molar-refractivity contribution >= 4 is 15.7 Å². The lowest BCUT2D eigenvalue weighted by Crippen LogP contribution is -2.48. The Hall–Kier alpha value is -2.25. The first kappa shape index (κ1) is 23.4. The zero-order valence-corrected chi connectivity index (χ0v) is 19.9. The van der Waals surface area contributed by atoms with Gasteiger partial charge in [-0.25, -0.2) is 8.42 Å². The quantitative estimate of drug-likeness (QED) is 0.706. The van der Waals surface area contributed by atoms with Gasteiger partial charge in [-0.15, -0.1) is 0 Å². The van der Waals surface area contributed by atoms with Crippen LogP contribution in [0.4, 0.5) is 0 Å². The molecule has 0 saturated carbocycles. The number of benzene rings is 1. The van der Waals surface area contributed by atoms with Crippen molar-refractivity contribution < 1.29 is 13.2 Å². The van der Waals surface area contributed by atoms with Crippen LogP contribution in [0.3, 0.4) is 0 Å². The molecule has 0 N–H and O–H groups in total. The van der Waals surface area contributed by atoms with E-state index in [1.165, 1.54) is 6.26 Å². The Bertz CT molecular complexity index is 1000. The molecule has 0 atom stereocenters. The summed E-state index contributed by atoms with van der Waals surface area (Å²) in [4.78, 5) is 21.7. The summed E-state index contributed by atoms with van der Waals surface area (Å²) in [5, 5.41) is 0. The highest BCUT2D eigenvalue weighted by Gasteiger charge is 2.31. The molecule has 0 aliphatic carbocycles. The van der Waals surface area contributed by atoms with Crippen LogP contribution in [0.25, 0.3) is 11.3 Å². The highest BCUT2D eigenvalue weighted by atomic mass is 32.2. The molecule has 0 unspecified atom stereocenters. The molecule has 1 aliphatic rings. The summed E-state index contributed by atoms with van der Waals surface area (Å²) in [5.41, 5.74) is 2.52. The molecule has 0 radical (unpaired) electrons. The summed E-state index contributed by atoms with van der Waals surface area (Å²) < 4.78 is 23.2. The monoisotopic (exact) mass is 443 g/mol. The molecule has 1 fully saturated rings. The van der Waals surface area contributed by atoms with Crippen LogP contribution < -0.4 is 0 Å². The van der Waals surface area contributed by atoms with Gasteiger partial charge >= 0.3 is 0 Å². The number of carbonyl (C=O) groups excluding carboxylic acids is 1. The van der Waals surface area contributed by atoms with Crippen molar-refractivity contribution in [3.8, 4) is 11.3 Å². The fraction of sp³-hybridized carbons (Fsp3) is 0.500. The third-order valence-electron chi connectivity index (χ3n) is 5.85. The van der Waals surface area contributed by atoms with Crippen molar-refractivity contribution in [3.05, 3.63) is 48.2 Å². The molecule has 6 nitrogen and oxygen atoms in total. The summed E-state index contributed by atoms with van der Waals surface area (Å²) in [6.07, 6.45) is 5.06. The van der Waals surface area contributed by atoms with Gasteiger partial charge in [0.2, 0.25) is 5.91 Å². The number of rotatable bonds is 5. The van der Waals surface area contributed by atoms with Crippen molar-refractivity contribution in [2.45, 2.75) is 51.1 Å². The van der Waals surface area contributed by atoms with Crippen molar-refractivity contribution in [1.29, 1.82) is 0 Å². The van der Waals surface area contributed by atoms with Gasteiger partial charge in [0.15, 0.2) is 9.84 Å². The Balaban J connectivity index is 1.57. The van der Waals surface area contributed by atoms with Gasteiger partial charge in [0, 0.05) is 49.1 Å². The number of likely N-dealkylation sites (tertiary alicyclic amines) is 1. The zero-order chi connectivity index (χ0) is 22.8. The first-order chi connectivity index (χ1) is 14.4. The van der Waals surface area contributed by atoms with Gasteiger partial charge < -0.3 is 4.90 Å². The molecule has 1 aromatic heterocycles. The van der Waals surface area contributed by atoms with Crippen molar-refractivity contribution in [3.63, 3.8) is 0 Å². The van der Waals surface area contributed by atoms with E-state index < -0.39 is 9.84 Å². The number of carbonyl (C=O) groups is 1. The maximum Gasteiger partial charge on any atom is 0.227 e. The molecule has 1 amide bonds. The fourth-order valence-electron chi connectivity index (χ4n) is 3.96. The number of amides is 1. The van der Waals surface area contributed by atoms with Crippen LogP contribution in [-0.2, 0) is 21.2 Å². The van der Waals surface area contributed by atoms with Gasteiger partial charge in [0.25, 0.3) is 0 Å². The molecule has 1 aliphatic heterocycles. The molecule has 168 valence electrons. The zero-order valence-electron chi connectivity index (χ0n) is 19.1. The number of sulfone groups is 1. The summed E-state index contributed by atoms with van der Waals surface area (Å²) >= 11 is 0. The second kappa shape index (κ2) is 9.09. The van der Waals surface area contributed by atoms with Gasteiger partial charge in [-0.1, -0.05) is 39.0 Å². The Morgan fingerprint density at radius 3 is 2.19 bits per heavy atom. The number of piperidine rings is 1. The number of nitrogens with zero attached hydrogens (tertiary/aromatic N) is 3. The number of hydrogen-bond donors (Lipinski definition) is 0. The maximum atomic E-state index is 12.5. The smallest absolute Gasteiger partial charge is 0.227 e. The first-order valence-electron chi connectivity index (χ1n) is 10.7. The second-order valence-electron chi connectivity index (χ2n) is 9.54. The first-order valence-corrected chi connectivity index (χ1v) is 12.6. The van der Waals surface area contributed by atoms with E-state index in [1.54, 1.807) is 24.3 Å². The highest BCUT2D eigenvalue weighted by molar-refractivity contribution is 7.90. The molecule has 2 aromatic rings. The van der Waals surface area contributed by atoms with Gasteiger partial charge in [-0.2, -0.15) is 0 Å². The summed E-state index contributed by atoms with van der Waals surface area (Å²) in [5.74, 6) is 0.234. The minimum atomic E-state index is -3.20.